The van der Waals surface area contributed by atoms with E-state index in [2.05, 4.69) is 0 Å². The molecule has 1 heterocycles. The Kier molecular flexibility index (Phi) is 6.29. The summed E-state index contributed by atoms with van der Waals surface area (Å²) in [5, 5.41) is 0.826. The van der Waals surface area contributed by atoms with E-state index >= 15 is 0 Å². The number of aryl methyl sites for hydroxylation is 1. The number of carbonyl (C=O) groups excluding carboxylic acids is 2. The first-order valence-corrected chi connectivity index (χ1v) is 10.1. The maximum atomic E-state index is 12.3. The van der Waals surface area contributed by atoms with Gasteiger partial charge in [0.2, 0.25) is 0 Å². The molecule has 0 aromatic heterocycles. The first-order chi connectivity index (χ1) is 15.1. The minimum absolute atomic E-state index is 0.189. The number of hydroxylamine groups is 2. The van der Waals surface area contributed by atoms with E-state index in [0.717, 1.165) is 21.9 Å². The maximum absolute atomic E-state index is 12.3. The second-order valence-electron chi connectivity index (χ2n) is 7.24. The SMILES string of the molecule is Cc1cc(OCCCON2C(=O)c3ccccc3C2=O)cc(OCc2ccccc2)c1. The molecule has 0 radical (unpaired) electrons. The van der Waals surface area contributed by atoms with Gasteiger partial charge < -0.3 is 9.47 Å². The second-order valence-corrected chi connectivity index (χ2v) is 7.24. The molecule has 0 fully saturated rings. The third kappa shape index (κ3) is 4.92. The Morgan fingerprint density at radius 2 is 1.35 bits per heavy atom. The van der Waals surface area contributed by atoms with Crippen molar-refractivity contribution in [2.24, 2.45) is 0 Å². The number of ether oxygens (including phenoxy) is 2. The predicted octanol–water partition coefficient (Wildman–Crippen LogP) is 4.57. The lowest BCUT2D eigenvalue weighted by molar-refractivity contribution is -0.0935. The Bertz CT molecular complexity index is 1050. The summed E-state index contributed by atoms with van der Waals surface area (Å²) in [6.45, 7) is 3.03. The molecule has 4 rings (SSSR count). The van der Waals surface area contributed by atoms with Gasteiger partial charge in [-0.15, -0.1) is 5.06 Å². The van der Waals surface area contributed by atoms with Gasteiger partial charge in [-0.1, -0.05) is 42.5 Å². The van der Waals surface area contributed by atoms with E-state index in [9.17, 15) is 9.59 Å². The molecule has 0 aliphatic carbocycles. The lowest BCUT2D eigenvalue weighted by Crippen LogP contribution is -2.30. The monoisotopic (exact) mass is 417 g/mol. The van der Waals surface area contributed by atoms with Crippen LogP contribution in [0.5, 0.6) is 11.5 Å². The van der Waals surface area contributed by atoms with Gasteiger partial charge in [-0.05, 0) is 42.3 Å². The summed E-state index contributed by atoms with van der Waals surface area (Å²) in [6, 6.07) is 22.4. The van der Waals surface area contributed by atoms with Crippen molar-refractivity contribution in [3.63, 3.8) is 0 Å². The molecule has 31 heavy (non-hydrogen) atoms. The predicted molar refractivity (Wildman–Crippen MR) is 115 cm³/mol. The van der Waals surface area contributed by atoms with Crippen LogP contribution in [0.4, 0.5) is 0 Å². The fraction of sp³-hybridized carbons (Fsp3) is 0.200. The van der Waals surface area contributed by atoms with Crippen molar-refractivity contribution in [2.45, 2.75) is 20.0 Å². The van der Waals surface area contributed by atoms with E-state index in [1.165, 1.54) is 0 Å². The molecular weight excluding hydrogens is 394 g/mol. The fourth-order valence-corrected chi connectivity index (χ4v) is 3.31. The van der Waals surface area contributed by atoms with Crippen LogP contribution in [-0.4, -0.2) is 30.1 Å². The minimum Gasteiger partial charge on any atom is -0.493 e. The lowest BCUT2D eigenvalue weighted by Gasteiger charge is -2.14. The van der Waals surface area contributed by atoms with Crippen LogP contribution in [-0.2, 0) is 11.4 Å². The number of hydrogen-bond acceptors (Lipinski definition) is 5. The van der Waals surface area contributed by atoms with Crippen LogP contribution in [0.15, 0.2) is 72.8 Å². The van der Waals surface area contributed by atoms with Crippen molar-refractivity contribution in [1.29, 1.82) is 0 Å². The van der Waals surface area contributed by atoms with E-state index in [4.69, 9.17) is 14.3 Å². The first kappa shape index (κ1) is 20.6. The van der Waals surface area contributed by atoms with Gasteiger partial charge in [0, 0.05) is 12.5 Å². The van der Waals surface area contributed by atoms with Crippen LogP contribution < -0.4 is 9.47 Å². The van der Waals surface area contributed by atoms with Crippen molar-refractivity contribution < 1.29 is 23.9 Å². The van der Waals surface area contributed by atoms with Gasteiger partial charge in [-0.3, -0.25) is 14.4 Å². The molecule has 0 saturated heterocycles. The minimum atomic E-state index is -0.430. The lowest BCUT2D eigenvalue weighted by atomic mass is 10.1. The molecule has 158 valence electrons. The number of amides is 2. The molecule has 0 atom stereocenters. The van der Waals surface area contributed by atoms with Crippen molar-refractivity contribution in [2.75, 3.05) is 13.2 Å². The molecule has 1 aliphatic rings. The number of hydrogen-bond donors (Lipinski definition) is 0. The Morgan fingerprint density at radius 3 is 2.03 bits per heavy atom. The quantitative estimate of drug-likeness (QED) is 0.377. The Hall–Kier alpha value is -3.64. The molecule has 0 unspecified atom stereocenters. The highest BCUT2D eigenvalue weighted by Gasteiger charge is 2.36. The summed E-state index contributed by atoms with van der Waals surface area (Å²) in [7, 11) is 0. The molecule has 0 spiro atoms. The summed E-state index contributed by atoms with van der Waals surface area (Å²) < 4.78 is 11.7. The average Bonchev–Trinajstić information content (AvgIpc) is 3.03. The van der Waals surface area contributed by atoms with Gasteiger partial charge in [-0.25, -0.2) is 0 Å². The fourth-order valence-electron chi connectivity index (χ4n) is 3.31. The Balaban J connectivity index is 1.24. The summed E-state index contributed by atoms with van der Waals surface area (Å²) in [4.78, 5) is 29.9. The smallest absolute Gasteiger partial charge is 0.285 e. The summed E-state index contributed by atoms with van der Waals surface area (Å²) in [6.07, 6.45) is 0.515. The number of nitrogens with zero attached hydrogens (tertiary/aromatic N) is 1. The summed E-state index contributed by atoms with van der Waals surface area (Å²) in [5.41, 5.74) is 2.86. The summed E-state index contributed by atoms with van der Waals surface area (Å²) >= 11 is 0. The molecule has 1 aliphatic heterocycles. The van der Waals surface area contributed by atoms with Crippen LogP contribution in [0, 0.1) is 6.92 Å². The van der Waals surface area contributed by atoms with Crippen molar-refractivity contribution in [3.8, 4) is 11.5 Å². The van der Waals surface area contributed by atoms with Crippen molar-refractivity contribution in [3.05, 3.63) is 95.1 Å². The number of carbonyl (C=O) groups is 2. The van der Waals surface area contributed by atoms with Crippen molar-refractivity contribution in [1.82, 2.24) is 5.06 Å². The third-order valence-corrected chi connectivity index (χ3v) is 4.81. The highest BCUT2D eigenvalue weighted by atomic mass is 16.7. The van der Waals surface area contributed by atoms with E-state index < -0.39 is 11.8 Å². The second kappa shape index (κ2) is 9.45. The molecule has 3 aromatic carbocycles. The van der Waals surface area contributed by atoms with Crippen LogP contribution in [0.3, 0.4) is 0 Å². The maximum Gasteiger partial charge on any atom is 0.285 e. The number of rotatable bonds is 9. The van der Waals surface area contributed by atoms with Gasteiger partial charge in [0.15, 0.2) is 0 Å². The van der Waals surface area contributed by atoms with Gasteiger partial charge in [0.25, 0.3) is 11.8 Å². The van der Waals surface area contributed by atoms with E-state index in [0.29, 0.717) is 36.5 Å². The molecule has 0 N–H and O–H groups in total. The third-order valence-electron chi connectivity index (χ3n) is 4.81. The normalized spacial score (nSPS) is 12.7. The standard InChI is InChI=1S/C25H23NO5/c1-18-14-20(16-21(15-18)30-17-19-8-3-2-4-9-19)29-12-7-13-31-26-24(27)22-10-5-6-11-23(22)25(26)28/h2-6,8-11,14-16H,7,12-13,17H2,1H3. The highest BCUT2D eigenvalue weighted by molar-refractivity contribution is 6.20. The van der Waals surface area contributed by atoms with Crippen molar-refractivity contribution >= 4 is 11.8 Å². The molecular formula is C25H23NO5. The zero-order valence-corrected chi connectivity index (χ0v) is 17.2. The van der Waals surface area contributed by atoms with Crippen LogP contribution in [0.2, 0.25) is 0 Å². The number of fused-ring (bicyclic) bond motifs is 1. The van der Waals surface area contributed by atoms with E-state index in [-0.39, 0.29) is 6.61 Å². The molecule has 0 saturated carbocycles. The zero-order chi connectivity index (χ0) is 21.6. The largest absolute Gasteiger partial charge is 0.493 e. The van der Waals surface area contributed by atoms with Gasteiger partial charge in [-0.2, -0.15) is 0 Å². The van der Waals surface area contributed by atoms with Crippen LogP contribution in [0.25, 0.3) is 0 Å². The van der Waals surface area contributed by atoms with Crippen LogP contribution in [0.1, 0.15) is 38.3 Å². The first-order valence-electron chi connectivity index (χ1n) is 10.1. The molecule has 3 aromatic rings. The number of benzene rings is 3. The summed E-state index contributed by atoms with van der Waals surface area (Å²) in [5.74, 6) is 0.575. The highest BCUT2D eigenvalue weighted by Crippen LogP contribution is 2.24. The zero-order valence-electron chi connectivity index (χ0n) is 17.2. The van der Waals surface area contributed by atoms with E-state index in [1.807, 2.05) is 55.5 Å². The van der Waals surface area contributed by atoms with E-state index in [1.54, 1.807) is 24.3 Å². The number of imide groups is 1. The average molecular weight is 417 g/mol. The van der Waals surface area contributed by atoms with Crippen LogP contribution >= 0.6 is 0 Å². The van der Waals surface area contributed by atoms with Gasteiger partial charge in [0.05, 0.1) is 24.3 Å². The Morgan fingerprint density at radius 1 is 0.742 bits per heavy atom. The topological polar surface area (TPSA) is 65.1 Å². The van der Waals surface area contributed by atoms with Gasteiger partial charge in [0.1, 0.15) is 18.1 Å². The molecule has 0 bridgehead atoms. The van der Waals surface area contributed by atoms with Gasteiger partial charge >= 0.3 is 0 Å². The molecule has 6 nitrogen and oxygen atoms in total. The molecule has 2 amide bonds. The molecule has 6 heteroatoms. The Labute approximate surface area is 180 Å².